The topological polar surface area (TPSA) is 260 Å². The average Bonchev–Trinajstić information content (AvgIpc) is 3.07. The average molecular weight is 802 g/mol. The van der Waals surface area contributed by atoms with Crippen molar-refractivity contribution in [3.05, 3.63) is 105 Å². The van der Waals surface area contributed by atoms with Gasteiger partial charge in [0.05, 0.1) is 38.6 Å². The van der Waals surface area contributed by atoms with E-state index >= 15 is 0 Å². The number of amides is 1. The Labute approximate surface area is 305 Å². The quantitative estimate of drug-likeness (QED) is 0.0745. The van der Waals surface area contributed by atoms with Crippen LogP contribution in [0.2, 0.25) is 0 Å². The van der Waals surface area contributed by atoms with Crippen molar-refractivity contribution in [2.24, 2.45) is 7.05 Å². The molecule has 1 aliphatic carbocycles. The molecule has 0 unspecified atom stereocenters. The maximum Gasteiger partial charge on any atom is 0.296 e. The van der Waals surface area contributed by atoms with E-state index in [9.17, 15) is 58.1 Å². The third-order valence-electron chi connectivity index (χ3n) is 8.36. The largest absolute Gasteiger partial charge is 0.354 e. The van der Waals surface area contributed by atoms with Crippen LogP contribution in [0.3, 0.4) is 0 Å². The summed E-state index contributed by atoms with van der Waals surface area (Å²) in [5.41, 5.74) is -2.95. The number of ketones is 2. The van der Waals surface area contributed by atoms with Gasteiger partial charge in [0.25, 0.3) is 35.9 Å². The summed E-state index contributed by atoms with van der Waals surface area (Å²) < 4.78 is 104. The number of carbonyl (C=O) groups excluding carboxylic acids is 3. The van der Waals surface area contributed by atoms with Gasteiger partial charge in [-0.05, 0) is 42.0 Å². The monoisotopic (exact) mass is 801 g/mol. The number of fused-ring (bicyclic) bond motifs is 2. The fourth-order valence-electron chi connectivity index (χ4n) is 6.06. The van der Waals surface area contributed by atoms with Gasteiger partial charge < -0.3 is 15.2 Å². The van der Waals surface area contributed by atoms with E-state index in [1.54, 1.807) is 6.07 Å². The number of pyridine rings is 1. The molecule has 0 atom stereocenters. The number of alkyl halides is 1. The lowest BCUT2D eigenvalue weighted by Gasteiger charge is -2.26. The first-order valence-electron chi connectivity index (χ1n) is 15.0. The molecule has 1 aromatic heterocycles. The summed E-state index contributed by atoms with van der Waals surface area (Å²) >= 11 is 5.61. The number of carbonyl (C=O) groups is 3. The minimum Gasteiger partial charge on any atom is -0.354 e. The van der Waals surface area contributed by atoms with E-state index in [4.69, 9.17) is 11.6 Å². The van der Waals surface area contributed by atoms with Crippen molar-refractivity contribution in [3.63, 3.8) is 0 Å². The minimum absolute atomic E-state index is 0.00436. The second kappa shape index (κ2) is 13.3. The van der Waals surface area contributed by atoms with E-state index in [2.05, 4.69) is 10.6 Å². The van der Waals surface area contributed by atoms with Crippen molar-refractivity contribution < 1.29 is 53.3 Å². The predicted octanol–water partition coefficient (Wildman–Crippen LogP) is 4.03. The van der Waals surface area contributed by atoms with E-state index in [-0.39, 0.29) is 56.7 Å². The standard InChI is InChI=1S/C33H24ClN3O13S3/c1-37-23-10-9-20(35-21-14-22(36-26(38)11-12-34)25(53(48,49)50)15-24(21)52(45,46)47)28-29(23)27(18-7-2-3-8-19(18)32(28)40)30(33(37)41)31(39)16-5-4-6-17(13-16)51(42,43)44/h2-10,13-15,35H,11-12H2,1H3,(H,36,38)(H,42,43,44)(H,45,46,47)(H,48,49,50). The molecule has 0 aliphatic heterocycles. The van der Waals surface area contributed by atoms with Gasteiger partial charge >= 0.3 is 0 Å². The second-order valence-corrected chi connectivity index (χ2v) is 16.2. The molecule has 0 radical (unpaired) electrons. The summed E-state index contributed by atoms with van der Waals surface area (Å²) in [5, 5.41) is 4.93. The second-order valence-electron chi connectivity index (χ2n) is 11.6. The fraction of sp³-hybridized carbons (Fsp3) is 0.0909. The van der Waals surface area contributed by atoms with Crippen LogP contribution in [0.25, 0.3) is 22.0 Å². The number of halogens is 1. The van der Waals surface area contributed by atoms with Crippen LogP contribution < -0.4 is 16.2 Å². The maximum absolute atomic E-state index is 14.3. The molecule has 16 nitrogen and oxygen atoms in total. The summed E-state index contributed by atoms with van der Waals surface area (Å²) in [5.74, 6) is -2.65. The van der Waals surface area contributed by atoms with Gasteiger partial charge in [-0.2, -0.15) is 25.3 Å². The van der Waals surface area contributed by atoms with Crippen LogP contribution in [0.5, 0.6) is 0 Å². The van der Waals surface area contributed by atoms with Gasteiger partial charge in [-0.3, -0.25) is 32.8 Å². The van der Waals surface area contributed by atoms with Crippen LogP contribution in [-0.4, -0.2) is 66.8 Å². The van der Waals surface area contributed by atoms with Crippen molar-refractivity contribution >= 4 is 87.4 Å². The van der Waals surface area contributed by atoms with Crippen LogP contribution in [0.15, 0.2) is 92.3 Å². The lowest BCUT2D eigenvalue weighted by atomic mass is 9.80. The number of hydrogen-bond acceptors (Lipinski definition) is 11. The van der Waals surface area contributed by atoms with Crippen molar-refractivity contribution in [1.82, 2.24) is 4.57 Å². The van der Waals surface area contributed by atoms with Gasteiger partial charge in [0.2, 0.25) is 5.91 Å². The number of rotatable bonds is 10. The number of anilines is 3. The molecule has 6 rings (SSSR count). The Kier molecular flexibility index (Phi) is 9.40. The smallest absolute Gasteiger partial charge is 0.296 e. The van der Waals surface area contributed by atoms with Gasteiger partial charge in [-0.15, -0.1) is 11.6 Å². The molecule has 1 amide bonds. The molecule has 274 valence electrons. The van der Waals surface area contributed by atoms with E-state index in [1.807, 2.05) is 0 Å². The Morgan fingerprint density at radius 3 is 2.00 bits per heavy atom. The molecule has 0 bridgehead atoms. The van der Waals surface area contributed by atoms with Crippen molar-refractivity contribution in [3.8, 4) is 11.1 Å². The normalized spacial score (nSPS) is 12.7. The number of nitrogens with zero attached hydrogens (tertiary/aromatic N) is 1. The third-order valence-corrected chi connectivity index (χ3v) is 11.2. The third kappa shape index (κ3) is 6.74. The molecule has 1 heterocycles. The van der Waals surface area contributed by atoms with Gasteiger partial charge in [-0.25, -0.2) is 0 Å². The Hall–Kier alpha value is -5.28. The lowest BCUT2D eigenvalue weighted by molar-refractivity contribution is -0.115. The van der Waals surface area contributed by atoms with Crippen LogP contribution in [0.1, 0.15) is 38.3 Å². The highest BCUT2D eigenvalue weighted by atomic mass is 35.5. The van der Waals surface area contributed by atoms with Crippen molar-refractivity contribution in [2.75, 3.05) is 16.5 Å². The summed E-state index contributed by atoms with van der Waals surface area (Å²) in [6, 6.07) is 14.1. The summed E-state index contributed by atoms with van der Waals surface area (Å²) in [4.78, 5) is 52.0. The highest BCUT2D eigenvalue weighted by Gasteiger charge is 2.35. The number of benzene rings is 4. The predicted molar refractivity (Wildman–Crippen MR) is 191 cm³/mol. The highest BCUT2D eigenvalue weighted by Crippen LogP contribution is 2.45. The van der Waals surface area contributed by atoms with Crippen LogP contribution in [-0.2, 0) is 42.2 Å². The maximum atomic E-state index is 14.3. The van der Waals surface area contributed by atoms with E-state index < -0.39 is 85.0 Å². The van der Waals surface area contributed by atoms with Gasteiger partial charge in [0.15, 0.2) is 11.6 Å². The Balaban J connectivity index is 1.68. The summed E-state index contributed by atoms with van der Waals surface area (Å²) in [6.07, 6.45) is -0.319. The van der Waals surface area contributed by atoms with E-state index in [0.29, 0.717) is 6.07 Å². The number of nitrogens with one attached hydrogen (secondary N) is 2. The molecule has 0 saturated carbocycles. The molecular formula is C33H24ClN3O13S3. The Morgan fingerprint density at radius 1 is 0.736 bits per heavy atom. The van der Waals surface area contributed by atoms with Crippen LogP contribution in [0.4, 0.5) is 17.1 Å². The lowest BCUT2D eigenvalue weighted by Crippen LogP contribution is -2.29. The molecule has 5 N–H and O–H groups in total. The molecule has 4 aromatic carbocycles. The van der Waals surface area contributed by atoms with Crippen LogP contribution >= 0.6 is 11.6 Å². The molecule has 0 spiro atoms. The molecule has 5 aromatic rings. The summed E-state index contributed by atoms with van der Waals surface area (Å²) in [6.45, 7) is 0. The summed E-state index contributed by atoms with van der Waals surface area (Å²) in [7, 11) is -14.0. The molecule has 20 heteroatoms. The van der Waals surface area contributed by atoms with Gasteiger partial charge in [-0.1, -0.05) is 36.4 Å². The first-order valence-corrected chi connectivity index (χ1v) is 19.8. The fourth-order valence-corrected chi connectivity index (χ4v) is 8.14. The highest BCUT2D eigenvalue weighted by molar-refractivity contribution is 7.87. The molecule has 0 fully saturated rings. The molecular weight excluding hydrogens is 778 g/mol. The zero-order valence-electron chi connectivity index (χ0n) is 26.8. The number of hydrogen-bond donors (Lipinski definition) is 5. The van der Waals surface area contributed by atoms with Crippen molar-refractivity contribution in [2.45, 2.75) is 21.1 Å². The number of aromatic nitrogens is 1. The SMILES string of the molecule is Cn1c(=O)c(C(=O)c2cccc(S(=O)(=O)O)c2)c2c3c(c(Nc4cc(NC(=O)CCCl)c(S(=O)(=O)O)cc4S(=O)(=O)O)ccc31)C(=O)c1ccccc1-2. The number of aryl methyl sites for hydroxylation is 1. The first-order chi connectivity index (χ1) is 24.7. The van der Waals surface area contributed by atoms with Crippen LogP contribution in [0, 0.1) is 0 Å². The van der Waals surface area contributed by atoms with E-state index in [1.165, 1.54) is 49.5 Å². The molecule has 0 saturated heterocycles. The van der Waals surface area contributed by atoms with Crippen molar-refractivity contribution in [1.29, 1.82) is 0 Å². The first kappa shape index (κ1) is 37.5. The molecule has 1 aliphatic rings. The molecule has 53 heavy (non-hydrogen) atoms. The van der Waals surface area contributed by atoms with Gasteiger partial charge in [0, 0.05) is 41.4 Å². The minimum atomic E-state index is -5.29. The zero-order chi connectivity index (χ0) is 38.8. The zero-order valence-corrected chi connectivity index (χ0v) is 30.0. The van der Waals surface area contributed by atoms with Gasteiger partial charge in [0.1, 0.15) is 9.79 Å². The Bertz CT molecular complexity index is 2870. The van der Waals surface area contributed by atoms with E-state index in [0.717, 1.165) is 22.8 Å². The Morgan fingerprint density at radius 2 is 1.38 bits per heavy atom.